The number of nitrogens with one attached hydrogen (secondary N) is 2. The average Bonchev–Trinajstić information content (AvgIpc) is 2.80. The summed E-state index contributed by atoms with van der Waals surface area (Å²) in [5.74, 6) is 1.09. The van der Waals surface area contributed by atoms with Crippen LogP contribution in [0.15, 0.2) is 30.3 Å². The number of carbonyl (C=O) groups is 2. The molecule has 9 nitrogen and oxygen atoms in total. The molecule has 0 aliphatic carbocycles. The molecule has 0 aliphatic heterocycles. The molecule has 0 fully saturated rings. The van der Waals surface area contributed by atoms with Gasteiger partial charge in [0.15, 0.2) is 11.5 Å². The van der Waals surface area contributed by atoms with Crippen molar-refractivity contribution in [1.29, 1.82) is 0 Å². The van der Waals surface area contributed by atoms with Crippen LogP contribution in [0.1, 0.15) is 24.2 Å². The molecule has 0 aliphatic rings. The molecule has 0 saturated heterocycles. The summed E-state index contributed by atoms with van der Waals surface area (Å²) in [6.45, 7) is 3.68. The molecule has 0 heterocycles. The van der Waals surface area contributed by atoms with Gasteiger partial charge >= 0.3 is 0 Å². The highest BCUT2D eigenvalue weighted by atomic mass is 16.5. The molecule has 9 heteroatoms. The summed E-state index contributed by atoms with van der Waals surface area (Å²) < 4.78 is 26.4. The maximum absolute atomic E-state index is 13.0. The first-order chi connectivity index (χ1) is 15.3. The maximum atomic E-state index is 13.0. The molecule has 0 radical (unpaired) electrons. The number of ether oxygens (including phenoxy) is 5. The Balaban J connectivity index is 2.27. The van der Waals surface area contributed by atoms with Crippen LogP contribution in [0, 0.1) is 5.92 Å². The number of benzene rings is 2. The summed E-state index contributed by atoms with van der Waals surface area (Å²) in [4.78, 5) is 26.0. The number of carbonyl (C=O) groups excluding carboxylic acids is 2. The zero-order valence-electron chi connectivity index (χ0n) is 19.4. The lowest BCUT2D eigenvalue weighted by molar-refractivity contribution is -0.118. The van der Waals surface area contributed by atoms with E-state index in [1.54, 1.807) is 18.2 Å². The molecule has 2 amide bonds. The van der Waals surface area contributed by atoms with Gasteiger partial charge in [0.25, 0.3) is 5.91 Å². The van der Waals surface area contributed by atoms with E-state index in [1.165, 1.54) is 47.7 Å². The van der Waals surface area contributed by atoms with Crippen LogP contribution in [0.4, 0.5) is 5.69 Å². The van der Waals surface area contributed by atoms with E-state index in [1.807, 2.05) is 13.8 Å². The topological polar surface area (TPSA) is 104 Å². The van der Waals surface area contributed by atoms with E-state index >= 15 is 0 Å². The standard InChI is InChI=1S/C23H30N2O7/c1-13(2)20(23(27)24-15-10-16(28-3)12-17(11-15)29-4)25-22(26)14-8-18(30-5)21(32-7)19(9-14)31-6/h8-13,20H,1-7H3,(H,24,27)(H,25,26)/t20-/m1/s1. The van der Waals surface area contributed by atoms with Crippen molar-refractivity contribution in [1.82, 2.24) is 5.32 Å². The Labute approximate surface area is 187 Å². The van der Waals surface area contributed by atoms with Gasteiger partial charge in [-0.1, -0.05) is 13.8 Å². The Morgan fingerprint density at radius 1 is 0.750 bits per heavy atom. The molecular formula is C23H30N2O7. The molecule has 0 bridgehead atoms. The van der Waals surface area contributed by atoms with E-state index in [9.17, 15) is 9.59 Å². The fourth-order valence-corrected chi connectivity index (χ4v) is 3.07. The predicted octanol–water partition coefficient (Wildman–Crippen LogP) is 3.12. The zero-order valence-corrected chi connectivity index (χ0v) is 19.4. The molecule has 0 unspecified atom stereocenters. The molecule has 2 aromatic carbocycles. The van der Waals surface area contributed by atoms with Crippen LogP contribution >= 0.6 is 0 Å². The molecular weight excluding hydrogens is 416 g/mol. The van der Waals surface area contributed by atoms with E-state index in [2.05, 4.69) is 10.6 Å². The molecule has 2 rings (SSSR count). The molecule has 32 heavy (non-hydrogen) atoms. The Bertz CT molecular complexity index is 912. The zero-order chi connectivity index (χ0) is 23.8. The summed E-state index contributed by atoms with van der Waals surface area (Å²) >= 11 is 0. The fraction of sp³-hybridized carbons (Fsp3) is 0.391. The second-order valence-corrected chi connectivity index (χ2v) is 7.20. The summed E-state index contributed by atoms with van der Waals surface area (Å²) in [6.07, 6.45) is 0. The van der Waals surface area contributed by atoms with Crippen molar-refractivity contribution in [3.05, 3.63) is 35.9 Å². The van der Waals surface area contributed by atoms with Crippen LogP contribution in [0.3, 0.4) is 0 Å². The van der Waals surface area contributed by atoms with E-state index < -0.39 is 11.9 Å². The first kappa shape index (κ1) is 24.6. The predicted molar refractivity (Wildman–Crippen MR) is 120 cm³/mol. The molecule has 1 atom stereocenters. The van der Waals surface area contributed by atoms with Gasteiger partial charge in [-0.15, -0.1) is 0 Å². The summed E-state index contributed by atoms with van der Waals surface area (Å²) in [6, 6.07) is 7.27. The fourth-order valence-electron chi connectivity index (χ4n) is 3.07. The average molecular weight is 447 g/mol. The van der Waals surface area contributed by atoms with Crippen LogP contribution < -0.4 is 34.3 Å². The van der Waals surface area contributed by atoms with Crippen molar-refractivity contribution in [2.45, 2.75) is 19.9 Å². The van der Waals surface area contributed by atoms with Crippen molar-refractivity contribution in [3.63, 3.8) is 0 Å². The smallest absolute Gasteiger partial charge is 0.252 e. The Morgan fingerprint density at radius 3 is 1.69 bits per heavy atom. The molecule has 0 aromatic heterocycles. The van der Waals surface area contributed by atoms with Crippen molar-refractivity contribution >= 4 is 17.5 Å². The monoisotopic (exact) mass is 446 g/mol. The number of amides is 2. The maximum Gasteiger partial charge on any atom is 0.252 e. The van der Waals surface area contributed by atoms with Crippen LogP contribution in [-0.2, 0) is 4.79 Å². The number of anilines is 1. The molecule has 2 N–H and O–H groups in total. The van der Waals surface area contributed by atoms with Crippen molar-refractivity contribution in [2.75, 3.05) is 40.9 Å². The van der Waals surface area contributed by atoms with E-state index in [-0.39, 0.29) is 17.4 Å². The van der Waals surface area contributed by atoms with Gasteiger partial charge in [0.2, 0.25) is 11.7 Å². The van der Waals surface area contributed by atoms with Gasteiger partial charge in [0, 0.05) is 29.4 Å². The minimum absolute atomic E-state index is 0.187. The number of rotatable bonds is 10. The van der Waals surface area contributed by atoms with Gasteiger partial charge in [0.05, 0.1) is 35.5 Å². The van der Waals surface area contributed by atoms with Gasteiger partial charge in [-0.3, -0.25) is 9.59 Å². The third kappa shape index (κ3) is 5.75. The molecule has 0 saturated carbocycles. The van der Waals surface area contributed by atoms with Crippen molar-refractivity contribution in [2.24, 2.45) is 5.92 Å². The SMILES string of the molecule is COc1cc(NC(=O)[C@H](NC(=O)c2cc(OC)c(OC)c(OC)c2)C(C)C)cc(OC)c1. The van der Waals surface area contributed by atoms with Crippen molar-refractivity contribution in [3.8, 4) is 28.7 Å². The normalized spacial score (nSPS) is 11.4. The summed E-state index contributed by atoms with van der Waals surface area (Å²) in [7, 11) is 7.45. The van der Waals surface area contributed by atoms with Crippen LogP contribution in [0.5, 0.6) is 28.7 Å². The third-order valence-corrected chi connectivity index (χ3v) is 4.78. The summed E-state index contributed by atoms with van der Waals surface area (Å²) in [5.41, 5.74) is 0.750. The van der Waals surface area contributed by atoms with Gasteiger partial charge in [-0.25, -0.2) is 0 Å². The number of methoxy groups -OCH3 is 5. The van der Waals surface area contributed by atoms with E-state index in [4.69, 9.17) is 23.7 Å². The Morgan fingerprint density at radius 2 is 1.28 bits per heavy atom. The van der Waals surface area contributed by atoms with Gasteiger partial charge in [0.1, 0.15) is 17.5 Å². The highest BCUT2D eigenvalue weighted by Gasteiger charge is 2.26. The largest absolute Gasteiger partial charge is 0.497 e. The second kappa shape index (κ2) is 11.1. The first-order valence-electron chi connectivity index (χ1n) is 9.92. The summed E-state index contributed by atoms with van der Waals surface area (Å²) in [5, 5.41) is 5.59. The van der Waals surface area contributed by atoms with Crippen LogP contribution in [0.2, 0.25) is 0 Å². The van der Waals surface area contributed by atoms with Crippen molar-refractivity contribution < 1.29 is 33.3 Å². The second-order valence-electron chi connectivity index (χ2n) is 7.20. The Hall–Kier alpha value is -3.62. The molecule has 174 valence electrons. The molecule has 0 spiro atoms. The lowest BCUT2D eigenvalue weighted by Crippen LogP contribution is -2.47. The lowest BCUT2D eigenvalue weighted by Gasteiger charge is -2.22. The highest BCUT2D eigenvalue weighted by Crippen LogP contribution is 2.38. The van der Waals surface area contributed by atoms with Crippen LogP contribution in [-0.4, -0.2) is 53.4 Å². The van der Waals surface area contributed by atoms with E-state index in [0.717, 1.165) is 0 Å². The van der Waals surface area contributed by atoms with Gasteiger partial charge in [-0.05, 0) is 18.1 Å². The van der Waals surface area contributed by atoms with Crippen LogP contribution in [0.25, 0.3) is 0 Å². The minimum atomic E-state index is -0.807. The highest BCUT2D eigenvalue weighted by molar-refractivity contribution is 6.02. The molecule has 2 aromatic rings. The van der Waals surface area contributed by atoms with E-state index in [0.29, 0.717) is 34.4 Å². The minimum Gasteiger partial charge on any atom is -0.497 e. The number of hydrogen-bond acceptors (Lipinski definition) is 7. The quantitative estimate of drug-likeness (QED) is 0.578. The van der Waals surface area contributed by atoms with Gasteiger partial charge in [-0.2, -0.15) is 0 Å². The lowest BCUT2D eigenvalue weighted by atomic mass is 10.0. The first-order valence-corrected chi connectivity index (χ1v) is 9.92. The van der Waals surface area contributed by atoms with Gasteiger partial charge < -0.3 is 34.3 Å². The number of hydrogen-bond donors (Lipinski definition) is 2. The third-order valence-electron chi connectivity index (χ3n) is 4.78. The Kier molecular flexibility index (Phi) is 8.57.